The zero-order valence-electron chi connectivity index (χ0n) is 14.8. The molecule has 1 heterocycles. The van der Waals surface area contributed by atoms with Gasteiger partial charge in [-0.25, -0.2) is 0 Å². The van der Waals surface area contributed by atoms with Crippen molar-refractivity contribution in [3.8, 4) is 0 Å². The van der Waals surface area contributed by atoms with E-state index in [0.29, 0.717) is 5.92 Å². The summed E-state index contributed by atoms with van der Waals surface area (Å²) in [5.74, 6) is 0.599. The Labute approximate surface area is 150 Å². The molecular weight excluding hydrogens is 328 g/mol. The van der Waals surface area contributed by atoms with Crippen LogP contribution in [0.4, 0.5) is 0 Å². The predicted molar refractivity (Wildman–Crippen MR) is 94.0 cm³/mol. The summed E-state index contributed by atoms with van der Waals surface area (Å²) >= 11 is 6.24. The molecule has 0 spiro atoms. The van der Waals surface area contributed by atoms with Crippen molar-refractivity contribution in [3.63, 3.8) is 0 Å². The Morgan fingerprint density at radius 3 is 2.75 bits per heavy atom. The fourth-order valence-corrected chi connectivity index (χ4v) is 4.86. The maximum Gasteiger partial charge on any atom is 0.225 e. The van der Waals surface area contributed by atoms with Crippen LogP contribution in [0.1, 0.15) is 51.9 Å². The van der Waals surface area contributed by atoms with Crippen LogP contribution in [0.5, 0.6) is 0 Å². The smallest absolute Gasteiger partial charge is 0.225 e. The summed E-state index contributed by atoms with van der Waals surface area (Å²) in [4.78, 5) is 12.5. The minimum Gasteiger partial charge on any atom is -0.379 e. The quantitative estimate of drug-likeness (QED) is 0.741. The number of halogens is 1. The van der Waals surface area contributed by atoms with Gasteiger partial charge in [-0.3, -0.25) is 10.1 Å². The van der Waals surface area contributed by atoms with Gasteiger partial charge in [-0.05, 0) is 50.9 Å². The average Bonchev–Trinajstić information content (AvgIpc) is 2.60. The number of fused-ring (bicyclic) bond motifs is 1. The summed E-state index contributed by atoms with van der Waals surface area (Å²) in [6.07, 6.45) is 7.14. The zero-order chi connectivity index (χ0) is 17.1. The van der Waals surface area contributed by atoms with Gasteiger partial charge in [0.25, 0.3) is 0 Å². The van der Waals surface area contributed by atoms with E-state index in [2.05, 4.69) is 17.6 Å². The van der Waals surface area contributed by atoms with E-state index in [-0.39, 0.29) is 41.6 Å². The van der Waals surface area contributed by atoms with Crippen LogP contribution in [0.2, 0.25) is 0 Å². The first-order valence-electron chi connectivity index (χ1n) is 9.47. The van der Waals surface area contributed by atoms with Gasteiger partial charge in [0, 0.05) is 25.1 Å². The highest BCUT2D eigenvalue weighted by Crippen LogP contribution is 2.35. The van der Waals surface area contributed by atoms with Crippen molar-refractivity contribution in [2.75, 3.05) is 13.7 Å². The fourth-order valence-electron chi connectivity index (χ4n) is 4.54. The SMILES string of the molecule is CCCOC1CCC(C2NC(=O)C3CC(Cl)CCC3N2)CC1OC. The first-order valence-corrected chi connectivity index (χ1v) is 9.90. The summed E-state index contributed by atoms with van der Waals surface area (Å²) in [5.41, 5.74) is 0. The van der Waals surface area contributed by atoms with Crippen molar-refractivity contribution in [2.24, 2.45) is 11.8 Å². The van der Waals surface area contributed by atoms with Crippen LogP contribution in [0.15, 0.2) is 0 Å². The second kappa shape index (κ2) is 8.35. The molecule has 2 saturated carbocycles. The van der Waals surface area contributed by atoms with Crippen LogP contribution < -0.4 is 10.6 Å². The van der Waals surface area contributed by atoms with Crippen LogP contribution in [0.3, 0.4) is 0 Å². The third-order valence-corrected chi connectivity index (χ3v) is 6.29. The van der Waals surface area contributed by atoms with E-state index in [1.165, 1.54) is 0 Å². The highest BCUT2D eigenvalue weighted by atomic mass is 35.5. The van der Waals surface area contributed by atoms with Gasteiger partial charge in [0.1, 0.15) is 0 Å². The van der Waals surface area contributed by atoms with Crippen molar-refractivity contribution in [1.29, 1.82) is 0 Å². The molecule has 2 aliphatic carbocycles. The van der Waals surface area contributed by atoms with Crippen LogP contribution in [-0.4, -0.2) is 49.4 Å². The number of hydrogen-bond acceptors (Lipinski definition) is 4. The second-order valence-electron chi connectivity index (χ2n) is 7.53. The molecule has 1 saturated heterocycles. The normalized spacial score (nSPS) is 43.1. The number of carbonyl (C=O) groups excluding carboxylic acids is 1. The first kappa shape index (κ1) is 18.4. The number of methoxy groups -OCH3 is 1. The van der Waals surface area contributed by atoms with Gasteiger partial charge in [-0.2, -0.15) is 0 Å². The van der Waals surface area contributed by atoms with Crippen molar-refractivity contribution >= 4 is 17.5 Å². The number of alkyl halides is 1. The van der Waals surface area contributed by atoms with Crippen LogP contribution >= 0.6 is 11.6 Å². The second-order valence-corrected chi connectivity index (χ2v) is 8.15. The molecule has 0 radical (unpaired) electrons. The van der Waals surface area contributed by atoms with E-state index in [4.69, 9.17) is 21.1 Å². The van der Waals surface area contributed by atoms with E-state index < -0.39 is 0 Å². The molecule has 6 heteroatoms. The molecule has 0 bridgehead atoms. The summed E-state index contributed by atoms with van der Waals surface area (Å²) < 4.78 is 11.6. The lowest BCUT2D eigenvalue weighted by molar-refractivity contribution is -0.133. The lowest BCUT2D eigenvalue weighted by Gasteiger charge is -2.46. The van der Waals surface area contributed by atoms with Gasteiger partial charge in [0.05, 0.1) is 24.3 Å². The molecule has 0 aromatic carbocycles. The first-order chi connectivity index (χ1) is 11.6. The van der Waals surface area contributed by atoms with Gasteiger partial charge < -0.3 is 14.8 Å². The van der Waals surface area contributed by atoms with Crippen LogP contribution in [0.25, 0.3) is 0 Å². The average molecular weight is 359 g/mol. The molecule has 1 aliphatic heterocycles. The van der Waals surface area contributed by atoms with E-state index in [9.17, 15) is 4.79 Å². The molecule has 3 fully saturated rings. The van der Waals surface area contributed by atoms with Gasteiger partial charge in [0.2, 0.25) is 5.91 Å². The Morgan fingerprint density at radius 2 is 2.00 bits per heavy atom. The molecule has 0 aromatic rings. The predicted octanol–water partition coefficient (Wildman–Crippen LogP) is 2.42. The highest BCUT2D eigenvalue weighted by molar-refractivity contribution is 6.20. The maximum atomic E-state index is 12.5. The minimum absolute atomic E-state index is 0.0277. The number of amides is 1. The molecule has 0 aromatic heterocycles. The van der Waals surface area contributed by atoms with Crippen LogP contribution in [-0.2, 0) is 14.3 Å². The third-order valence-electron chi connectivity index (χ3n) is 5.90. The van der Waals surface area contributed by atoms with Gasteiger partial charge >= 0.3 is 0 Å². The monoisotopic (exact) mass is 358 g/mol. The van der Waals surface area contributed by atoms with Gasteiger partial charge in [0.15, 0.2) is 0 Å². The Kier molecular flexibility index (Phi) is 6.41. The van der Waals surface area contributed by atoms with E-state index in [0.717, 1.165) is 51.6 Å². The van der Waals surface area contributed by atoms with E-state index in [1.807, 2.05) is 0 Å². The summed E-state index contributed by atoms with van der Waals surface area (Å²) in [6, 6.07) is 0.272. The molecule has 1 amide bonds. The molecule has 7 unspecified atom stereocenters. The summed E-state index contributed by atoms with van der Waals surface area (Å²) in [5, 5.41) is 7.03. The Morgan fingerprint density at radius 1 is 1.17 bits per heavy atom. The molecule has 7 atom stereocenters. The molecule has 3 aliphatic rings. The van der Waals surface area contributed by atoms with Crippen molar-refractivity contribution in [1.82, 2.24) is 10.6 Å². The lowest BCUT2D eigenvalue weighted by Crippen LogP contribution is -2.65. The number of rotatable bonds is 5. The number of carbonyl (C=O) groups is 1. The molecule has 3 rings (SSSR count). The standard InChI is InChI=1S/C18H31ClN2O3/c1-3-8-24-15-7-4-11(9-16(15)23-2)17-20-14-6-5-12(19)10-13(14)18(22)21-17/h11-17,20H,3-10H2,1-2H3,(H,21,22). The Bertz CT molecular complexity index is 436. The third kappa shape index (κ3) is 4.06. The molecular formula is C18H31ClN2O3. The minimum atomic E-state index is 0.0277. The van der Waals surface area contributed by atoms with E-state index in [1.54, 1.807) is 7.11 Å². The largest absolute Gasteiger partial charge is 0.379 e. The topological polar surface area (TPSA) is 59.6 Å². The molecule has 5 nitrogen and oxygen atoms in total. The van der Waals surface area contributed by atoms with Gasteiger partial charge in [-0.1, -0.05) is 6.92 Å². The fraction of sp³-hybridized carbons (Fsp3) is 0.944. The Hall–Kier alpha value is -0.360. The lowest BCUT2D eigenvalue weighted by atomic mass is 9.78. The number of hydrogen-bond donors (Lipinski definition) is 2. The maximum absolute atomic E-state index is 12.5. The summed E-state index contributed by atoms with van der Waals surface area (Å²) in [7, 11) is 1.76. The van der Waals surface area contributed by atoms with Crippen molar-refractivity contribution < 1.29 is 14.3 Å². The number of ether oxygens (including phenoxy) is 2. The van der Waals surface area contributed by atoms with Gasteiger partial charge in [-0.15, -0.1) is 11.6 Å². The highest BCUT2D eigenvalue weighted by Gasteiger charge is 2.43. The summed E-state index contributed by atoms with van der Waals surface area (Å²) in [6.45, 7) is 2.91. The van der Waals surface area contributed by atoms with E-state index >= 15 is 0 Å². The van der Waals surface area contributed by atoms with Crippen molar-refractivity contribution in [3.05, 3.63) is 0 Å². The molecule has 24 heavy (non-hydrogen) atoms. The Balaban J connectivity index is 1.58. The number of nitrogens with one attached hydrogen (secondary N) is 2. The zero-order valence-corrected chi connectivity index (χ0v) is 15.6. The molecule has 2 N–H and O–H groups in total. The molecule has 138 valence electrons. The van der Waals surface area contributed by atoms with Crippen LogP contribution in [0, 0.1) is 11.8 Å². The van der Waals surface area contributed by atoms with Crippen molar-refractivity contribution in [2.45, 2.75) is 81.7 Å².